The Morgan fingerprint density at radius 1 is 1.11 bits per heavy atom. The van der Waals surface area contributed by atoms with Crippen LogP contribution in [0, 0.1) is 17.6 Å². The van der Waals surface area contributed by atoms with Gasteiger partial charge >= 0.3 is 0 Å². The van der Waals surface area contributed by atoms with Crippen molar-refractivity contribution in [3.05, 3.63) is 29.8 Å². The summed E-state index contributed by atoms with van der Waals surface area (Å²) in [6, 6.07) is 3.61. The van der Waals surface area contributed by atoms with Gasteiger partial charge in [0.1, 0.15) is 5.75 Å². The van der Waals surface area contributed by atoms with Crippen LogP contribution in [0.3, 0.4) is 0 Å². The number of nitrogens with one attached hydrogen (secondary N) is 1. The summed E-state index contributed by atoms with van der Waals surface area (Å²) in [7, 11) is 0. The number of ether oxygens (including phenoxy) is 1. The summed E-state index contributed by atoms with van der Waals surface area (Å²) in [4.78, 5) is 0. The Labute approximate surface area is 114 Å². The van der Waals surface area contributed by atoms with Gasteiger partial charge in [0.25, 0.3) is 0 Å². The minimum absolute atomic E-state index is 0.386. The number of benzene rings is 1. The molecular formula is C15H23F2NO. The Morgan fingerprint density at radius 2 is 1.89 bits per heavy atom. The van der Waals surface area contributed by atoms with Gasteiger partial charge in [0, 0.05) is 6.07 Å². The summed E-state index contributed by atoms with van der Waals surface area (Å²) in [5.74, 6) is -0.646. The van der Waals surface area contributed by atoms with Crippen LogP contribution in [0.1, 0.15) is 33.1 Å². The third-order valence-electron chi connectivity index (χ3n) is 2.71. The second kappa shape index (κ2) is 8.86. The normalized spacial score (nSPS) is 11.0. The van der Waals surface area contributed by atoms with Gasteiger partial charge in [0.2, 0.25) is 0 Å². The summed E-state index contributed by atoms with van der Waals surface area (Å²) < 4.78 is 30.9. The van der Waals surface area contributed by atoms with Gasteiger partial charge in [-0.2, -0.15) is 0 Å². The molecule has 0 aliphatic heterocycles. The molecule has 0 saturated heterocycles. The molecule has 0 radical (unpaired) electrons. The SMILES string of the molecule is CC(C)CNCCCCCOc1ccc(F)c(F)c1. The molecule has 0 unspecified atom stereocenters. The zero-order chi connectivity index (χ0) is 14.1. The van der Waals surface area contributed by atoms with Crippen molar-refractivity contribution in [1.29, 1.82) is 0 Å². The molecule has 19 heavy (non-hydrogen) atoms. The predicted molar refractivity (Wildman–Crippen MR) is 73.4 cm³/mol. The molecule has 0 atom stereocenters. The molecule has 0 spiro atoms. The minimum Gasteiger partial charge on any atom is -0.493 e. The van der Waals surface area contributed by atoms with Gasteiger partial charge in [0.05, 0.1) is 6.61 Å². The number of unbranched alkanes of at least 4 members (excludes halogenated alkanes) is 2. The predicted octanol–water partition coefficient (Wildman–Crippen LogP) is 3.76. The van der Waals surface area contributed by atoms with Crippen LogP contribution >= 0.6 is 0 Å². The summed E-state index contributed by atoms with van der Waals surface area (Å²) in [5, 5.41) is 3.38. The zero-order valence-electron chi connectivity index (χ0n) is 11.7. The van der Waals surface area contributed by atoms with Gasteiger partial charge in [-0.3, -0.25) is 0 Å². The van der Waals surface area contributed by atoms with E-state index in [9.17, 15) is 8.78 Å². The monoisotopic (exact) mass is 271 g/mol. The van der Waals surface area contributed by atoms with Gasteiger partial charge in [0.15, 0.2) is 11.6 Å². The maximum Gasteiger partial charge on any atom is 0.162 e. The highest BCUT2D eigenvalue weighted by atomic mass is 19.2. The van der Waals surface area contributed by atoms with Crippen LogP contribution in [-0.4, -0.2) is 19.7 Å². The van der Waals surface area contributed by atoms with E-state index in [0.29, 0.717) is 18.3 Å². The van der Waals surface area contributed by atoms with Crippen molar-refractivity contribution in [1.82, 2.24) is 5.32 Å². The Kier molecular flexibility index (Phi) is 7.41. The van der Waals surface area contributed by atoms with Crippen LogP contribution < -0.4 is 10.1 Å². The molecule has 0 amide bonds. The summed E-state index contributed by atoms with van der Waals surface area (Å²) in [5.41, 5.74) is 0. The van der Waals surface area contributed by atoms with Crippen LogP contribution in [0.25, 0.3) is 0 Å². The van der Waals surface area contributed by atoms with Crippen LogP contribution in [0.4, 0.5) is 8.78 Å². The molecule has 0 aromatic heterocycles. The van der Waals surface area contributed by atoms with Crippen molar-refractivity contribution in [2.45, 2.75) is 33.1 Å². The van der Waals surface area contributed by atoms with Crippen molar-refractivity contribution in [2.24, 2.45) is 5.92 Å². The molecule has 1 rings (SSSR count). The second-order valence-electron chi connectivity index (χ2n) is 5.08. The molecule has 0 bridgehead atoms. The van der Waals surface area contributed by atoms with Crippen LogP contribution in [0.5, 0.6) is 5.75 Å². The van der Waals surface area contributed by atoms with E-state index < -0.39 is 11.6 Å². The maximum absolute atomic E-state index is 12.9. The Morgan fingerprint density at radius 3 is 2.58 bits per heavy atom. The van der Waals surface area contributed by atoms with E-state index in [4.69, 9.17) is 4.74 Å². The van der Waals surface area contributed by atoms with Crippen LogP contribution in [0.2, 0.25) is 0 Å². The molecule has 1 aromatic carbocycles. The largest absolute Gasteiger partial charge is 0.493 e. The fourth-order valence-corrected chi connectivity index (χ4v) is 1.68. The van der Waals surface area contributed by atoms with Gasteiger partial charge in [-0.05, 0) is 50.4 Å². The lowest BCUT2D eigenvalue weighted by Gasteiger charge is -2.08. The molecule has 0 heterocycles. The Hall–Kier alpha value is -1.16. The van der Waals surface area contributed by atoms with Gasteiger partial charge < -0.3 is 10.1 Å². The highest BCUT2D eigenvalue weighted by Gasteiger charge is 2.02. The van der Waals surface area contributed by atoms with Crippen molar-refractivity contribution in [3.8, 4) is 5.75 Å². The number of halogens is 2. The van der Waals surface area contributed by atoms with Crippen molar-refractivity contribution < 1.29 is 13.5 Å². The van der Waals surface area contributed by atoms with E-state index in [2.05, 4.69) is 19.2 Å². The van der Waals surface area contributed by atoms with E-state index in [-0.39, 0.29) is 0 Å². The van der Waals surface area contributed by atoms with Crippen molar-refractivity contribution >= 4 is 0 Å². The number of hydrogen-bond acceptors (Lipinski definition) is 2. The first-order valence-corrected chi connectivity index (χ1v) is 6.88. The average Bonchev–Trinajstić information content (AvgIpc) is 2.36. The lowest BCUT2D eigenvalue weighted by Crippen LogP contribution is -2.20. The fourth-order valence-electron chi connectivity index (χ4n) is 1.68. The highest BCUT2D eigenvalue weighted by Crippen LogP contribution is 2.15. The molecule has 4 heteroatoms. The van der Waals surface area contributed by atoms with Gasteiger partial charge in [-0.1, -0.05) is 13.8 Å². The van der Waals surface area contributed by atoms with Crippen molar-refractivity contribution in [3.63, 3.8) is 0 Å². The van der Waals surface area contributed by atoms with Gasteiger partial charge in [-0.25, -0.2) is 8.78 Å². The van der Waals surface area contributed by atoms with Crippen LogP contribution in [-0.2, 0) is 0 Å². The molecular weight excluding hydrogens is 248 g/mol. The topological polar surface area (TPSA) is 21.3 Å². The average molecular weight is 271 g/mol. The third-order valence-corrected chi connectivity index (χ3v) is 2.71. The first-order valence-electron chi connectivity index (χ1n) is 6.88. The van der Waals surface area contributed by atoms with E-state index in [1.165, 1.54) is 6.07 Å². The second-order valence-corrected chi connectivity index (χ2v) is 5.08. The maximum atomic E-state index is 12.9. The summed E-state index contributed by atoms with van der Waals surface area (Å²) in [6.45, 7) is 6.97. The molecule has 0 saturated carbocycles. The lowest BCUT2D eigenvalue weighted by atomic mass is 10.2. The summed E-state index contributed by atoms with van der Waals surface area (Å²) in [6.07, 6.45) is 3.09. The molecule has 0 aliphatic rings. The lowest BCUT2D eigenvalue weighted by molar-refractivity contribution is 0.302. The van der Waals surface area contributed by atoms with E-state index in [1.807, 2.05) is 0 Å². The molecule has 1 N–H and O–H groups in total. The summed E-state index contributed by atoms with van der Waals surface area (Å²) >= 11 is 0. The van der Waals surface area contributed by atoms with E-state index in [1.54, 1.807) is 0 Å². The molecule has 0 aliphatic carbocycles. The number of rotatable bonds is 9. The smallest absolute Gasteiger partial charge is 0.162 e. The Balaban J connectivity index is 2.03. The van der Waals surface area contributed by atoms with Crippen LogP contribution in [0.15, 0.2) is 18.2 Å². The first-order chi connectivity index (χ1) is 9.09. The standard InChI is InChI=1S/C15H23F2NO/c1-12(2)11-18-8-4-3-5-9-19-13-6-7-14(16)15(17)10-13/h6-7,10,12,18H,3-5,8-9,11H2,1-2H3. The minimum atomic E-state index is -0.865. The number of hydrogen-bond donors (Lipinski definition) is 1. The van der Waals surface area contributed by atoms with E-state index >= 15 is 0 Å². The Bertz CT molecular complexity index is 369. The first kappa shape index (κ1) is 15.9. The van der Waals surface area contributed by atoms with Gasteiger partial charge in [-0.15, -0.1) is 0 Å². The molecule has 2 nitrogen and oxygen atoms in total. The third kappa shape index (κ3) is 7.11. The quantitative estimate of drug-likeness (QED) is 0.690. The van der Waals surface area contributed by atoms with E-state index in [0.717, 1.165) is 44.5 Å². The van der Waals surface area contributed by atoms with Crippen molar-refractivity contribution in [2.75, 3.05) is 19.7 Å². The molecule has 0 fully saturated rings. The highest BCUT2D eigenvalue weighted by molar-refractivity contribution is 5.23. The zero-order valence-corrected chi connectivity index (χ0v) is 11.7. The fraction of sp³-hybridized carbons (Fsp3) is 0.600. The molecule has 1 aromatic rings. The molecule has 108 valence electrons.